The average Bonchev–Trinajstić information content (AvgIpc) is 2.18. The van der Waals surface area contributed by atoms with Gasteiger partial charge >= 0.3 is 0 Å². The number of hydrogen-bond acceptors (Lipinski definition) is 3. The number of nitrogen functional groups attached to an aromatic ring is 1. The Kier molecular flexibility index (Phi) is 2.42. The first-order valence-corrected chi connectivity index (χ1v) is 5.14. The van der Waals surface area contributed by atoms with E-state index in [0.717, 1.165) is 19.5 Å². The highest BCUT2D eigenvalue weighted by atomic mass is 15.2. The number of fused-ring (bicyclic) bond motifs is 1. The van der Waals surface area contributed by atoms with Crippen LogP contribution in [-0.2, 0) is 13.0 Å². The standard InChI is InChI=1S/C11H17N3/c1-8(2)14-6-4-9-3-5-13-11(12)10(9)7-14/h3,5,8H,4,6-7H2,1-2H3,(H2,12,13). The molecule has 3 heteroatoms. The Bertz CT molecular complexity index is 333. The molecule has 0 atom stereocenters. The molecule has 1 aliphatic rings. The van der Waals surface area contributed by atoms with E-state index >= 15 is 0 Å². The minimum atomic E-state index is 0.586. The Labute approximate surface area is 84.9 Å². The van der Waals surface area contributed by atoms with E-state index in [1.165, 1.54) is 11.1 Å². The molecule has 0 saturated carbocycles. The molecule has 0 unspecified atom stereocenters. The molecule has 0 saturated heterocycles. The van der Waals surface area contributed by atoms with Crippen LogP contribution in [0.5, 0.6) is 0 Å². The third-order valence-corrected chi connectivity index (χ3v) is 2.95. The van der Waals surface area contributed by atoms with Crippen molar-refractivity contribution in [2.75, 3.05) is 12.3 Å². The fraction of sp³-hybridized carbons (Fsp3) is 0.545. The molecule has 2 heterocycles. The van der Waals surface area contributed by atoms with Crippen LogP contribution < -0.4 is 5.73 Å². The molecule has 0 amide bonds. The van der Waals surface area contributed by atoms with Crippen LogP contribution in [0, 0.1) is 0 Å². The van der Waals surface area contributed by atoms with Gasteiger partial charge in [0.25, 0.3) is 0 Å². The van der Waals surface area contributed by atoms with Gasteiger partial charge in [-0.3, -0.25) is 4.90 Å². The molecule has 2 rings (SSSR count). The Hall–Kier alpha value is -1.09. The molecular weight excluding hydrogens is 174 g/mol. The first-order chi connectivity index (χ1) is 6.68. The molecule has 14 heavy (non-hydrogen) atoms. The lowest BCUT2D eigenvalue weighted by Gasteiger charge is -2.32. The Morgan fingerprint density at radius 3 is 3.00 bits per heavy atom. The van der Waals surface area contributed by atoms with Gasteiger partial charge in [0, 0.05) is 30.9 Å². The van der Waals surface area contributed by atoms with Crippen LogP contribution >= 0.6 is 0 Å². The van der Waals surface area contributed by atoms with Crippen LogP contribution in [0.3, 0.4) is 0 Å². The van der Waals surface area contributed by atoms with Crippen molar-refractivity contribution in [1.29, 1.82) is 0 Å². The summed E-state index contributed by atoms with van der Waals surface area (Å²) in [6.45, 7) is 6.52. The van der Waals surface area contributed by atoms with Gasteiger partial charge in [0.15, 0.2) is 0 Å². The fourth-order valence-corrected chi connectivity index (χ4v) is 1.95. The summed E-state index contributed by atoms with van der Waals surface area (Å²) < 4.78 is 0. The van der Waals surface area contributed by atoms with Crippen LogP contribution in [-0.4, -0.2) is 22.5 Å². The van der Waals surface area contributed by atoms with Crippen LogP contribution in [0.25, 0.3) is 0 Å². The van der Waals surface area contributed by atoms with Crippen LogP contribution in [0.1, 0.15) is 25.0 Å². The minimum Gasteiger partial charge on any atom is -0.383 e. The predicted molar refractivity (Wildman–Crippen MR) is 57.9 cm³/mol. The monoisotopic (exact) mass is 191 g/mol. The maximum Gasteiger partial charge on any atom is 0.128 e. The highest BCUT2D eigenvalue weighted by molar-refractivity contribution is 5.45. The molecule has 0 radical (unpaired) electrons. The number of nitrogens with two attached hydrogens (primary N) is 1. The molecule has 0 aromatic carbocycles. The van der Waals surface area contributed by atoms with Gasteiger partial charge in [0.2, 0.25) is 0 Å². The van der Waals surface area contributed by atoms with Gasteiger partial charge in [-0.25, -0.2) is 4.98 Å². The lowest BCUT2D eigenvalue weighted by atomic mass is 10.0. The molecule has 2 N–H and O–H groups in total. The van der Waals surface area contributed by atoms with Crippen LogP contribution in [0.4, 0.5) is 5.82 Å². The Balaban J connectivity index is 2.29. The summed E-state index contributed by atoms with van der Waals surface area (Å²) in [5, 5.41) is 0. The first-order valence-electron chi connectivity index (χ1n) is 5.14. The Morgan fingerprint density at radius 1 is 1.50 bits per heavy atom. The Morgan fingerprint density at radius 2 is 2.29 bits per heavy atom. The number of nitrogens with zero attached hydrogens (tertiary/aromatic N) is 2. The van der Waals surface area contributed by atoms with E-state index in [0.29, 0.717) is 11.9 Å². The quantitative estimate of drug-likeness (QED) is 0.730. The molecule has 3 nitrogen and oxygen atoms in total. The van der Waals surface area contributed by atoms with E-state index in [2.05, 4.69) is 29.8 Å². The van der Waals surface area contributed by atoms with Crippen molar-refractivity contribution in [2.24, 2.45) is 0 Å². The molecule has 1 aliphatic heterocycles. The first kappa shape index (κ1) is 9.46. The second-order valence-electron chi connectivity index (χ2n) is 4.15. The SMILES string of the molecule is CC(C)N1CCc2ccnc(N)c2C1. The lowest BCUT2D eigenvalue weighted by molar-refractivity contribution is 0.203. The van der Waals surface area contributed by atoms with E-state index in [1.54, 1.807) is 6.20 Å². The third kappa shape index (κ3) is 1.60. The average molecular weight is 191 g/mol. The molecule has 0 spiro atoms. The molecule has 1 aromatic heterocycles. The molecular formula is C11H17N3. The van der Waals surface area contributed by atoms with Gasteiger partial charge in [-0.2, -0.15) is 0 Å². The molecule has 0 fully saturated rings. The van der Waals surface area contributed by atoms with Crippen molar-refractivity contribution >= 4 is 5.82 Å². The smallest absolute Gasteiger partial charge is 0.128 e. The highest BCUT2D eigenvalue weighted by Crippen LogP contribution is 2.23. The number of pyridine rings is 1. The summed E-state index contributed by atoms with van der Waals surface area (Å²) in [5.41, 5.74) is 8.46. The summed E-state index contributed by atoms with van der Waals surface area (Å²) >= 11 is 0. The van der Waals surface area contributed by atoms with Gasteiger partial charge < -0.3 is 5.73 Å². The second kappa shape index (κ2) is 3.58. The topological polar surface area (TPSA) is 42.2 Å². The summed E-state index contributed by atoms with van der Waals surface area (Å²) in [6, 6.07) is 2.67. The fourth-order valence-electron chi connectivity index (χ4n) is 1.95. The zero-order valence-electron chi connectivity index (χ0n) is 8.83. The summed E-state index contributed by atoms with van der Waals surface area (Å²) in [7, 11) is 0. The zero-order chi connectivity index (χ0) is 10.1. The van der Waals surface area contributed by atoms with Crippen molar-refractivity contribution < 1.29 is 0 Å². The van der Waals surface area contributed by atoms with E-state index in [-0.39, 0.29) is 0 Å². The molecule has 0 bridgehead atoms. The van der Waals surface area contributed by atoms with Crippen molar-refractivity contribution in [3.05, 3.63) is 23.4 Å². The van der Waals surface area contributed by atoms with Crippen LogP contribution in [0.15, 0.2) is 12.3 Å². The molecule has 76 valence electrons. The second-order valence-corrected chi connectivity index (χ2v) is 4.15. The van der Waals surface area contributed by atoms with Gasteiger partial charge in [-0.1, -0.05) is 0 Å². The normalized spacial score (nSPS) is 17.1. The number of aromatic nitrogens is 1. The minimum absolute atomic E-state index is 0.586. The lowest BCUT2D eigenvalue weighted by Crippen LogP contribution is -2.36. The van der Waals surface area contributed by atoms with Gasteiger partial charge in [-0.05, 0) is 31.9 Å². The van der Waals surface area contributed by atoms with E-state index in [4.69, 9.17) is 5.73 Å². The largest absolute Gasteiger partial charge is 0.383 e. The third-order valence-electron chi connectivity index (χ3n) is 2.95. The summed E-state index contributed by atoms with van der Waals surface area (Å²) in [6.07, 6.45) is 2.90. The van der Waals surface area contributed by atoms with Crippen molar-refractivity contribution in [2.45, 2.75) is 32.9 Å². The highest BCUT2D eigenvalue weighted by Gasteiger charge is 2.19. The summed E-state index contributed by atoms with van der Waals surface area (Å²) in [5.74, 6) is 0.702. The van der Waals surface area contributed by atoms with E-state index in [1.807, 2.05) is 0 Å². The van der Waals surface area contributed by atoms with E-state index < -0.39 is 0 Å². The number of anilines is 1. The van der Waals surface area contributed by atoms with Gasteiger partial charge in [0.05, 0.1) is 0 Å². The van der Waals surface area contributed by atoms with Gasteiger partial charge in [-0.15, -0.1) is 0 Å². The maximum atomic E-state index is 5.87. The van der Waals surface area contributed by atoms with Crippen LogP contribution in [0.2, 0.25) is 0 Å². The van der Waals surface area contributed by atoms with Crippen molar-refractivity contribution in [3.8, 4) is 0 Å². The van der Waals surface area contributed by atoms with E-state index in [9.17, 15) is 0 Å². The predicted octanol–water partition coefficient (Wildman–Crippen LogP) is 1.43. The van der Waals surface area contributed by atoms with Crippen molar-refractivity contribution in [3.63, 3.8) is 0 Å². The number of rotatable bonds is 1. The zero-order valence-corrected chi connectivity index (χ0v) is 8.83. The maximum absolute atomic E-state index is 5.87. The molecule has 0 aliphatic carbocycles. The number of hydrogen-bond donors (Lipinski definition) is 1. The van der Waals surface area contributed by atoms with Gasteiger partial charge in [0.1, 0.15) is 5.82 Å². The summed E-state index contributed by atoms with van der Waals surface area (Å²) in [4.78, 5) is 6.57. The van der Waals surface area contributed by atoms with Crippen molar-refractivity contribution in [1.82, 2.24) is 9.88 Å². The molecule has 1 aromatic rings.